The highest BCUT2D eigenvalue weighted by Crippen LogP contribution is 2.34. The van der Waals surface area contributed by atoms with Crippen molar-refractivity contribution >= 4 is 0 Å². The van der Waals surface area contributed by atoms with Crippen LogP contribution in [0.2, 0.25) is 0 Å². The Bertz CT molecular complexity index is 255. The summed E-state index contributed by atoms with van der Waals surface area (Å²) in [5.74, 6) is 1.71. The zero-order valence-electron chi connectivity index (χ0n) is 12.8. The van der Waals surface area contributed by atoms with Gasteiger partial charge in [-0.3, -0.25) is 4.90 Å². The summed E-state index contributed by atoms with van der Waals surface area (Å²) >= 11 is 0. The van der Waals surface area contributed by atoms with Crippen molar-refractivity contribution in [2.45, 2.75) is 64.5 Å². The van der Waals surface area contributed by atoms with Crippen LogP contribution in [0.3, 0.4) is 0 Å². The first-order valence-corrected chi connectivity index (χ1v) is 8.36. The van der Waals surface area contributed by atoms with Crippen molar-refractivity contribution in [2.24, 2.45) is 11.8 Å². The molecule has 0 heterocycles. The molecule has 2 saturated carbocycles. The third-order valence-corrected chi connectivity index (χ3v) is 5.05. The highest BCUT2D eigenvalue weighted by atomic mass is 16.3. The van der Waals surface area contributed by atoms with Gasteiger partial charge in [-0.05, 0) is 50.5 Å². The lowest BCUT2D eigenvalue weighted by Crippen LogP contribution is -2.46. The smallest absolute Gasteiger partial charge is 0.0558 e. The SMILES string of the molecule is CCNC1CCC(CC)CC1CN(CCO)C1CC1. The van der Waals surface area contributed by atoms with Gasteiger partial charge in [-0.1, -0.05) is 20.3 Å². The number of hydrogen-bond acceptors (Lipinski definition) is 3. The molecular weight excluding hydrogens is 236 g/mol. The molecule has 0 saturated heterocycles. The maximum atomic E-state index is 9.25. The van der Waals surface area contributed by atoms with Crippen LogP contribution in [0.25, 0.3) is 0 Å². The van der Waals surface area contributed by atoms with Gasteiger partial charge in [0.05, 0.1) is 6.61 Å². The minimum Gasteiger partial charge on any atom is -0.395 e. The zero-order valence-corrected chi connectivity index (χ0v) is 12.8. The van der Waals surface area contributed by atoms with Crippen molar-refractivity contribution in [3.05, 3.63) is 0 Å². The van der Waals surface area contributed by atoms with E-state index in [1.54, 1.807) is 0 Å². The number of aliphatic hydroxyl groups excluding tert-OH is 1. The largest absolute Gasteiger partial charge is 0.395 e. The van der Waals surface area contributed by atoms with E-state index in [1.807, 2.05) is 0 Å². The van der Waals surface area contributed by atoms with Crippen LogP contribution in [0.15, 0.2) is 0 Å². The Labute approximate surface area is 118 Å². The molecule has 0 radical (unpaired) electrons. The van der Waals surface area contributed by atoms with Crippen molar-refractivity contribution in [3.8, 4) is 0 Å². The molecule has 0 aliphatic heterocycles. The van der Waals surface area contributed by atoms with Crippen LogP contribution in [-0.2, 0) is 0 Å². The molecule has 3 heteroatoms. The molecule has 0 spiro atoms. The summed E-state index contributed by atoms with van der Waals surface area (Å²) in [4.78, 5) is 2.55. The summed E-state index contributed by atoms with van der Waals surface area (Å²) in [7, 11) is 0. The lowest BCUT2D eigenvalue weighted by molar-refractivity contribution is 0.117. The first-order valence-electron chi connectivity index (χ1n) is 8.36. The van der Waals surface area contributed by atoms with E-state index in [4.69, 9.17) is 0 Å². The quantitative estimate of drug-likeness (QED) is 0.709. The van der Waals surface area contributed by atoms with E-state index in [0.29, 0.717) is 12.6 Å². The molecule has 0 amide bonds. The third kappa shape index (κ3) is 4.44. The maximum Gasteiger partial charge on any atom is 0.0558 e. The van der Waals surface area contributed by atoms with Gasteiger partial charge in [-0.15, -0.1) is 0 Å². The van der Waals surface area contributed by atoms with Gasteiger partial charge in [0.15, 0.2) is 0 Å². The van der Waals surface area contributed by atoms with Crippen LogP contribution in [0.1, 0.15) is 52.4 Å². The van der Waals surface area contributed by atoms with Crippen LogP contribution < -0.4 is 5.32 Å². The minimum atomic E-state index is 0.312. The number of aliphatic hydroxyl groups is 1. The van der Waals surface area contributed by atoms with Gasteiger partial charge in [-0.25, -0.2) is 0 Å². The Hall–Kier alpha value is -0.120. The van der Waals surface area contributed by atoms with Crippen LogP contribution in [0.5, 0.6) is 0 Å². The fourth-order valence-corrected chi connectivity index (χ4v) is 3.76. The molecule has 0 aromatic carbocycles. The Morgan fingerprint density at radius 1 is 1.16 bits per heavy atom. The highest BCUT2D eigenvalue weighted by molar-refractivity contribution is 4.90. The number of rotatable bonds is 8. The normalized spacial score (nSPS) is 31.9. The summed E-state index contributed by atoms with van der Waals surface area (Å²) in [6.45, 7) is 8.01. The first kappa shape index (κ1) is 15.3. The van der Waals surface area contributed by atoms with E-state index >= 15 is 0 Å². The summed E-state index contributed by atoms with van der Waals surface area (Å²) in [6.07, 6.45) is 8.13. The average Bonchev–Trinajstić information content (AvgIpc) is 3.24. The van der Waals surface area contributed by atoms with Crippen molar-refractivity contribution in [1.29, 1.82) is 0 Å². The summed E-state index contributed by atoms with van der Waals surface area (Å²) < 4.78 is 0. The molecule has 0 aromatic rings. The van der Waals surface area contributed by atoms with Gasteiger partial charge in [0.25, 0.3) is 0 Å². The molecule has 3 unspecified atom stereocenters. The topological polar surface area (TPSA) is 35.5 Å². The standard InChI is InChI=1S/C16H32N2O/c1-3-13-5-8-16(17-4-2)14(11-13)12-18(9-10-19)15-6-7-15/h13-17,19H,3-12H2,1-2H3. The van der Waals surface area contributed by atoms with Gasteiger partial charge in [-0.2, -0.15) is 0 Å². The molecule has 3 nitrogen and oxygen atoms in total. The van der Waals surface area contributed by atoms with Gasteiger partial charge < -0.3 is 10.4 Å². The second-order valence-electron chi connectivity index (χ2n) is 6.46. The molecule has 19 heavy (non-hydrogen) atoms. The highest BCUT2D eigenvalue weighted by Gasteiger charge is 2.35. The number of nitrogens with zero attached hydrogens (tertiary/aromatic N) is 1. The fraction of sp³-hybridized carbons (Fsp3) is 1.00. The molecule has 2 fully saturated rings. The Morgan fingerprint density at radius 3 is 2.53 bits per heavy atom. The predicted octanol–water partition coefficient (Wildman–Crippen LogP) is 2.25. The van der Waals surface area contributed by atoms with E-state index in [2.05, 4.69) is 24.1 Å². The Balaban J connectivity index is 1.91. The van der Waals surface area contributed by atoms with Crippen molar-refractivity contribution in [3.63, 3.8) is 0 Å². The average molecular weight is 268 g/mol. The van der Waals surface area contributed by atoms with Crippen LogP contribution in [-0.4, -0.2) is 48.3 Å². The van der Waals surface area contributed by atoms with Crippen LogP contribution >= 0.6 is 0 Å². The fourth-order valence-electron chi connectivity index (χ4n) is 3.76. The molecular formula is C16H32N2O. The Kier molecular flexibility index (Phi) is 6.11. The first-order chi connectivity index (χ1) is 9.28. The molecule has 2 aliphatic rings. The van der Waals surface area contributed by atoms with Gasteiger partial charge in [0.1, 0.15) is 0 Å². The molecule has 2 N–H and O–H groups in total. The van der Waals surface area contributed by atoms with Crippen molar-refractivity contribution < 1.29 is 5.11 Å². The molecule has 2 aliphatic carbocycles. The van der Waals surface area contributed by atoms with E-state index in [9.17, 15) is 5.11 Å². The molecule has 3 atom stereocenters. The minimum absolute atomic E-state index is 0.312. The van der Waals surface area contributed by atoms with E-state index < -0.39 is 0 Å². The zero-order chi connectivity index (χ0) is 13.7. The van der Waals surface area contributed by atoms with Crippen molar-refractivity contribution in [1.82, 2.24) is 10.2 Å². The summed E-state index contributed by atoms with van der Waals surface area (Å²) in [6, 6.07) is 1.48. The van der Waals surface area contributed by atoms with Crippen molar-refractivity contribution in [2.75, 3.05) is 26.2 Å². The second kappa shape index (κ2) is 7.61. The van der Waals surface area contributed by atoms with Gasteiger partial charge in [0.2, 0.25) is 0 Å². The Morgan fingerprint density at radius 2 is 1.95 bits per heavy atom. The summed E-state index contributed by atoms with van der Waals surface area (Å²) in [5.41, 5.74) is 0. The predicted molar refractivity (Wildman–Crippen MR) is 80.3 cm³/mol. The van der Waals surface area contributed by atoms with Crippen LogP contribution in [0.4, 0.5) is 0 Å². The molecule has 0 bridgehead atoms. The number of nitrogens with one attached hydrogen (secondary N) is 1. The van der Waals surface area contributed by atoms with Crippen LogP contribution in [0, 0.1) is 11.8 Å². The lowest BCUT2D eigenvalue weighted by Gasteiger charge is -2.39. The number of hydrogen-bond donors (Lipinski definition) is 2. The van der Waals surface area contributed by atoms with Gasteiger partial charge in [0, 0.05) is 25.2 Å². The third-order valence-electron chi connectivity index (χ3n) is 5.05. The van der Waals surface area contributed by atoms with Gasteiger partial charge >= 0.3 is 0 Å². The molecule has 2 rings (SSSR count). The lowest BCUT2D eigenvalue weighted by atomic mass is 9.76. The summed E-state index contributed by atoms with van der Waals surface area (Å²) in [5, 5.41) is 12.9. The molecule has 112 valence electrons. The second-order valence-corrected chi connectivity index (χ2v) is 6.46. The van der Waals surface area contributed by atoms with E-state index in [0.717, 1.165) is 31.0 Å². The van der Waals surface area contributed by atoms with E-state index in [-0.39, 0.29) is 0 Å². The molecule has 0 aromatic heterocycles. The monoisotopic (exact) mass is 268 g/mol. The van der Waals surface area contributed by atoms with E-state index in [1.165, 1.54) is 45.1 Å². The maximum absolute atomic E-state index is 9.25.